The summed E-state index contributed by atoms with van der Waals surface area (Å²) in [4.78, 5) is 0. The van der Waals surface area contributed by atoms with Gasteiger partial charge in [-0.25, -0.2) is 0 Å². The smallest absolute Gasteiger partial charge is 0.118 e. The third-order valence-corrected chi connectivity index (χ3v) is 3.48. The fourth-order valence-electron chi connectivity index (χ4n) is 2.26. The molecule has 2 rings (SSSR count). The van der Waals surface area contributed by atoms with Crippen molar-refractivity contribution in [1.29, 1.82) is 0 Å². The molecule has 0 spiro atoms. The van der Waals surface area contributed by atoms with Crippen molar-refractivity contribution >= 4 is 0 Å². The molecule has 1 aliphatic carbocycles. The molecule has 0 aromatic heterocycles. The first-order valence-electron chi connectivity index (χ1n) is 5.22. The van der Waals surface area contributed by atoms with Crippen LogP contribution in [0.25, 0.3) is 0 Å². The minimum atomic E-state index is 0.0149. The summed E-state index contributed by atoms with van der Waals surface area (Å²) in [6.07, 6.45) is 0.992. The number of rotatable bonds is 4. The molecule has 15 heavy (non-hydrogen) atoms. The number of hydrogen-bond donors (Lipinski definition) is 2. The molecule has 1 aliphatic rings. The molecular weight excluding hydrogens is 190 g/mol. The summed E-state index contributed by atoms with van der Waals surface area (Å²) in [6.45, 7) is 0.827. The minimum Gasteiger partial charge on any atom is -0.497 e. The van der Waals surface area contributed by atoms with Crippen molar-refractivity contribution in [2.75, 3.05) is 20.3 Å². The number of ether oxygens (including phenoxy) is 1. The van der Waals surface area contributed by atoms with Crippen LogP contribution >= 0.6 is 0 Å². The molecule has 0 aliphatic heterocycles. The van der Waals surface area contributed by atoms with E-state index in [2.05, 4.69) is 0 Å². The highest BCUT2D eigenvalue weighted by atomic mass is 16.5. The number of aliphatic hydroxyl groups excluding tert-OH is 1. The number of nitrogens with two attached hydrogens (primary N) is 1. The van der Waals surface area contributed by atoms with Crippen molar-refractivity contribution in [2.45, 2.75) is 11.8 Å². The highest BCUT2D eigenvalue weighted by Gasteiger charge is 2.53. The van der Waals surface area contributed by atoms with Gasteiger partial charge in [-0.1, -0.05) is 12.1 Å². The van der Waals surface area contributed by atoms with E-state index in [1.807, 2.05) is 24.3 Å². The third kappa shape index (κ3) is 1.62. The van der Waals surface area contributed by atoms with E-state index in [4.69, 9.17) is 15.6 Å². The first kappa shape index (κ1) is 10.5. The number of aliphatic hydroxyl groups is 1. The number of methoxy groups -OCH3 is 1. The summed E-state index contributed by atoms with van der Waals surface area (Å²) in [5, 5.41) is 9.15. The van der Waals surface area contributed by atoms with Crippen LogP contribution in [0.5, 0.6) is 5.75 Å². The highest BCUT2D eigenvalue weighted by Crippen LogP contribution is 2.53. The maximum Gasteiger partial charge on any atom is 0.118 e. The van der Waals surface area contributed by atoms with Gasteiger partial charge in [0.15, 0.2) is 0 Å². The van der Waals surface area contributed by atoms with Gasteiger partial charge in [-0.3, -0.25) is 0 Å². The van der Waals surface area contributed by atoms with Gasteiger partial charge < -0.3 is 15.6 Å². The van der Waals surface area contributed by atoms with E-state index in [1.54, 1.807) is 7.11 Å². The molecule has 0 heterocycles. The van der Waals surface area contributed by atoms with E-state index in [9.17, 15) is 0 Å². The largest absolute Gasteiger partial charge is 0.497 e. The van der Waals surface area contributed by atoms with E-state index in [1.165, 1.54) is 5.56 Å². The van der Waals surface area contributed by atoms with Crippen LogP contribution in [-0.2, 0) is 5.41 Å². The highest BCUT2D eigenvalue weighted by molar-refractivity contribution is 5.38. The third-order valence-electron chi connectivity index (χ3n) is 3.48. The van der Waals surface area contributed by atoms with E-state index in [0.717, 1.165) is 12.2 Å². The van der Waals surface area contributed by atoms with Gasteiger partial charge >= 0.3 is 0 Å². The summed E-state index contributed by atoms with van der Waals surface area (Å²) in [6, 6.07) is 7.97. The van der Waals surface area contributed by atoms with E-state index in [-0.39, 0.29) is 12.0 Å². The number of hydrogen-bond acceptors (Lipinski definition) is 3. The molecule has 0 unspecified atom stereocenters. The molecule has 3 nitrogen and oxygen atoms in total. The Hall–Kier alpha value is -1.06. The number of benzene rings is 1. The van der Waals surface area contributed by atoms with Gasteiger partial charge in [-0.2, -0.15) is 0 Å². The Balaban J connectivity index is 2.22. The zero-order valence-electron chi connectivity index (χ0n) is 8.94. The van der Waals surface area contributed by atoms with Crippen LogP contribution in [0.3, 0.4) is 0 Å². The maximum atomic E-state index is 9.15. The van der Waals surface area contributed by atoms with Crippen molar-refractivity contribution < 1.29 is 9.84 Å². The summed E-state index contributed by atoms with van der Waals surface area (Å²) >= 11 is 0. The summed E-state index contributed by atoms with van der Waals surface area (Å²) in [5.74, 6) is 1.18. The van der Waals surface area contributed by atoms with Crippen molar-refractivity contribution in [3.05, 3.63) is 29.8 Å². The molecule has 3 N–H and O–H groups in total. The SMILES string of the molecule is COc1ccc([C@]2(CN)C[C@H]2CO)cc1. The van der Waals surface area contributed by atoms with Crippen LogP contribution in [0.15, 0.2) is 24.3 Å². The topological polar surface area (TPSA) is 55.5 Å². The predicted molar refractivity (Wildman–Crippen MR) is 58.9 cm³/mol. The van der Waals surface area contributed by atoms with Crippen LogP contribution in [0.2, 0.25) is 0 Å². The molecular formula is C12H17NO2. The van der Waals surface area contributed by atoms with E-state index >= 15 is 0 Å². The molecule has 0 radical (unpaired) electrons. The molecule has 1 fully saturated rings. The van der Waals surface area contributed by atoms with Crippen LogP contribution < -0.4 is 10.5 Å². The fourth-order valence-corrected chi connectivity index (χ4v) is 2.26. The van der Waals surface area contributed by atoms with Crippen LogP contribution in [0.4, 0.5) is 0 Å². The summed E-state index contributed by atoms with van der Waals surface area (Å²) in [7, 11) is 1.65. The Morgan fingerprint density at radius 3 is 2.53 bits per heavy atom. The normalized spacial score (nSPS) is 28.9. The van der Waals surface area contributed by atoms with Gasteiger partial charge in [0.2, 0.25) is 0 Å². The van der Waals surface area contributed by atoms with Gasteiger partial charge in [0.25, 0.3) is 0 Å². The van der Waals surface area contributed by atoms with Crippen LogP contribution in [0.1, 0.15) is 12.0 Å². The molecule has 0 saturated heterocycles. The molecule has 3 heteroatoms. The van der Waals surface area contributed by atoms with Gasteiger partial charge in [-0.15, -0.1) is 0 Å². The van der Waals surface area contributed by atoms with Crippen molar-refractivity contribution in [2.24, 2.45) is 11.7 Å². The monoisotopic (exact) mass is 207 g/mol. The van der Waals surface area contributed by atoms with Gasteiger partial charge in [-0.05, 0) is 30.0 Å². The van der Waals surface area contributed by atoms with Crippen molar-refractivity contribution in [1.82, 2.24) is 0 Å². The van der Waals surface area contributed by atoms with Crippen LogP contribution in [0, 0.1) is 5.92 Å². The average molecular weight is 207 g/mol. The van der Waals surface area contributed by atoms with Gasteiger partial charge in [0.1, 0.15) is 5.75 Å². The van der Waals surface area contributed by atoms with Gasteiger partial charge in [0.05, 0.1) is 7.11 Å². The van der Waals surface area contributed by atoms with E-state index in [0.29, 0.717) is 12.5 Å². The Morgan fingerprint density at radius 2 is 2.13 bits per heavy atom. The second-order valence-electron chi connectivity index (χ2n) is 4.17. The molecule has 0 amide bonds. The molecule has 1 saturated carbocycles. The lowest BCUT2D eigenvalue weighted by Crippen LogP contribution is -2.23. The second-order valence-corrected chi connectivity index (χ2v) is 4.17. The standard InChI is InChI=1S/C12H17NO2/c1-15-11-4-2-9(3-5-11)12(8-13)6-10(12)7-14/h2-5,10,14H,6-8,13H2,1H3/t10-,12+/m0/s1. The Kier molecular flexibility index (Phi) is 2.67. The first-order valence-corrected chi connectivity index (χ1v) is 5.22. The quantitative estimate of drug-likeness (QED) is 0.771. The van der Waals surface area contributed by atoms with E-state index < -0.39 is 0 Å². The second kappa shape index (κ2) is 3.83. The van der Waals surface area contributed by atoms with Gasteiger partial charge in [0, 0.05) is 18.6 Å². The summed E-state index contributed by atoms with van der Waals surface area (Å²) in [5.41, 5.74) is 7.02. The fraction of sp³-hybridized carbons (Fsp3) is 0.500. The molecule has 1 aromatic carbocycles. The Labute approximate surface area is 89.9 Å². The predicted octanol–water partition coefficient (Wildman–Crippen LogP) is 0.904. The summed E-state index contributed by atoms with van der Waals surface area (Å²) < 4.78 is 5.11. The molecule has 1 aromatic rings. The Morgan fingerprint density at radius 1 is 1.47 bits per heavy atom. The first-order chi connectivity index (χ1) is 7.26. The molecule has 2 atom stereocenters. The molecule has 0 bridgehead atoms. The lowest BCUT2D eigenvalue weighted by atomic mass is 9.93. The zero-order chi connectivity index (χ0) is 10.9. The Bertz CT molecular complexity index is 336. The molecule has 82 valence electrons. The average Bonchev–Trinajstić information content (AvgIpc) is 3.04. The lowest BCUT2D eigenvalue weighted by molar-refractivity contribution is 0.264. The zero-order valence-corrected chi connectivity index (χ0v) is 8.94. The maximum absolute atomic E-state index is 9.15. The van der Waals surface area contributed by atoms with Crippen molar-refractivity contribution in [3.63, 3.8) is 0 Å². The lowest BCUT2D eigenvalue weighted by Gasteiger charge is -2.15. The van der Waals surface area contributed by atoms with Crippen molar-refractivity contribution in [3.8, 4) is 5.75 Å². The van der Waals surface area contributed by atoms with Crippen LogP contribution in [-0.4, -0.2) is 25.4 Å². The minimum absolute atomic E-state index is 0.0149.